The molecule has 2 aliphatic heterocycles. The molecule has 0 aromatic carbocycles. The highest BCUT2D eigenvalue weighted by Crippen LogP contribution is 2.27. The zero-order valence-electron chi connectivity index (χ0n) is 13.7. The molecule has 0 radical (unpaired) electrons. The normalized spacial score (nSPS) is 25.1. The molecule has 6 heteroatoms. The molecule has 1 amide bonds. The molecule has 1 aromatic rings. The van der Waals surface area contributed by atoms with Gasteiger partial charge >= 0.3 is 0 Å². The lowest BCUT2D eigenvalue weighted by molar-refractivity contribution is -0.137. The summed E-state index contributed by atoms with van der Waals surface area (Å²) in [5, 5.41) is 6.96. The Balaban J connectivity index is 1.47. The average Bonchev–Trinajstić information content (AvgIpc) is 3.04. The third kappa shape index (κ3) is 3.48. The Morgan fingerprint density at radius 2 is 2.09 bits per heavy atom. The Morgan fingerprint density at radius 1 is 1.32 bits per heavy atom. The zero-order valence-corrected chi connectivity index (χ0v) is 13.7. The summed E-state index contributed by atoms with van der Waals surface area (Å²) in [6, 6.07) is 0.326. The Labute approximate surface area is 132 Å². The van der Waals surface area contributed by atoms with Crippen molar-refractivity contribution in [3.8, 4) is 0 Å². The summed E-state index contributed by atoms with van der Waals surface area (Å²) >= 11 is 0. The van der Waals surface area contributed by atoms with E-state index in [-0.39, 0.29) is 0 Å². The van der Waals surface area contributed by atoms with Gasteiger partial charge in [0.1, 0.15) is 12.2 Å². The van der Waals surface area contributed by atoms with Crippen LogP contribution in [0, 0.1) is 5.92 Å². The second-order valence-corrected chi connectivity index (χ2v) is 6.99. The molecule has 6 nitrogen and oxygen atoms in total. The molecule has 1 unspecified atom stereocenters. The summed E-state index contributed by atoms with van der Waals surface area (Å²) in [7, 11) is 0. The van der Waals surface area contributed by atoms with Crippen LogP contribution in [0.25, 0.3) is 0 Å². The van der Waals surface area contributed by atoms with Crippen LogP contribution < -0.4 is 0 Å². The third-order valence-electron chi connectivity index (χ3n) is 5.09. The number of hydrogen-bond acceptors (Lipinski definition) is 4. The fraction of sp³-hybridized carbons (Fsp3) is 0.812. The number of hydrogen-bond donors (Lipinski definition) is 1. The van der Waals surface area contributed by atoms with Gasteiger partial charge in [0, 0.05) is 31.5 Å². The molecule has 0 spiro atoms. The molecule has 3 rings (SSSR count). The van der Waals surface area contributed by atoms with Crippen molar-refractivity contribution in [1.82, 2.24) is 25.0 Å². The quantitative estimate of drug-likeness (QED) is 0.918. The SMILES string of the molecule is CC(C)N1CC(CN2CCC(c3ncn[nH]3)CC2)CCC1=O. The monoisotopic (exact) mass is 305 g/mol. The van der Waals surface area contributed by atoms with Gasteiger partial charge < -0.3 is 9.80 Å². The van der Waals surface area contributed by atoms with Crippen molar-refractivity contribution < 1.29 is 4.79 Å². The van der Waals surface area contributed by atoms with Crippen LogP contribution in [0.3, 0.4) is 0 Å². The van der Waals surface area contributed by atoms with Crippen LogP contribution in [0.4, 0.5) is 0 Å². The number of nitrogens with zero attached hydrogens (tertiary/aromatic N) is 4. The predicted molar refractivity (Wildman–Crippen MR) is 84.4 cm³/mol. The van der Waals surface area contributed by atoms with Crippen molar-refractivity contribution in [2.45, 2.75) is 51.5 Å². The minimum Gasteiger partial charge on any atom is -0.340 e. The van der Waals surface area contributed by atoms with Gasteiger partial charge in [-0.2, -0.15) is 5.10 Å². The molecule has 1 aromatic heterocycles. The number of piperidine rings is 2. The fourth-order valence-corrected chi connectivity index (χ4v) is 3.76. The number of rotatable bonds is 4. The largest absolute Gasteiger partial charge is 0.340 e. The van der Waals surface area contributed by atoms with Crippen LogP contribution in [0.15, 0.2) is 6.33 Å². The van der Waals surface area contributed by atoms with Gasteiger partial charge in [-0.1, -0.05) is 0 Å². The van der Waals surface area contributed by atoms with E-state index < -0.39 is 0 Å². The van der Waals surface area contributed by atoms with E-state index >= 15 is 0 Å². The van der Waals surface area contributed by atoms with Crippen molar-refractivity contribution in [2.75, 3.05) is 26.2 Å². The number of carbonyl (C=O) groups is 1. The Morgan fingerprint density at radius 3 is 2.73 bits per heavy atom. The van der Waals surface area contributed by atoms with Crippen LogP contribution in [-0.2, 0) is 4.79 Å². The van der Waals surface area contributed by atoms with Crippen LogP contribution >= 0.6 is 0 Å². The van der Waals surface area contributed by atoms with Gasteiger partial charge in [0.05, 0.1) is 0 Å². The lowest BCUT2D eigenvalue weighted by Crippen LogP contribution is -2.47. The van der Waals surface area contributed by atoms with E-state index in [2.05, 4.69) is 38.8 Å². The summed E-state index contributed by atoms with van der Waals surface area (Å²) in [4.78, 5) is 20.8. The van der Waals surface area contributed by atoms with E-state index in [1.54, 1.807) is 6.33 Å². The maximum Gasteiger partial charge on any atom is 0.222 e. The van der Waals surface area contributed by atoms with Gasteiger partial charge in [-0.25, -0.2) is 4.98 Å². The Bertz CT molecular complexity index is 479. The molecule has 0 saturated carbocycles. The molecule has 1 atom stereocenters. The van der Waals surface area contributed by atoms with E-state index in [1.807, 2.05) is 0 Å². The topological polar surface area (TPSA) is 65.1 Å². The van der Waals surface area contributed by atoms with Crippen molar-refractivity contribution in [2.24, 2.45) is 5.92 Å². The van der Waals surface area contributed by atoms with Gasteiger partial charge in [0.2, 0.25) is 5.91 Å². The first-order valence-electron chi connectivity index (χ1n) is 8.50. The van der Waals surface area contributed by atoms with Gasteiger partial charge in [0.25, 0.3) is 0 Å². The number of amides is 1. The summed E-state index contributed by atoms with van der Waals surface area (Å²) in [6.45, 7) is 8.53. The summed E-state index contributed by atoms with van der Waals surface area (Å²) < 4.78 is 0. The maximum absolute atomic E-state index is 11.9. The average molecular weight is 305 g/mol. The third-order valence-corrected chi connectivity index (χ3v) is 5.09. The van der Waals surface area contributed by atoms with E-state index in [9.17, 15) is 4.79 Å². The van der Waals surface area contributed by atoms with Gasteiger partial charge in [-0.05, 0) is 52.1 Å². The number of H-pyrrole nitrogens is 1. The highest BCUT2D eigenvalue weighted by molar-refractivity contribution is 5.77. The lowest BCUT2D eigenvalue weighted by atomic mass is 9.92. The molecular weight excluding hydrogens is 278 g/mol. The van der Waals surface area contributed by atoms with E-state index in [0.29, 0.717) is 23.8 Å². The van der Waals surface area contributed by atoms with Crippen LogP contribution in [0.2, 0.25) is 0 Å². The maximum atomic E-state index is 11.9. The van der Waals surface area contributed by atoms with Gasteiger partial charge in [-0.15, -0.1) is 0 Å². The molecule has 0 aliphatic carbocycles. The molecule has 122 valence electrons. The van der Waals surface area contributed by atoms with Crippen molar-refractivity contribution in [1.29, 1.82) is 0 Å². The van der Waals surface area contributed by atoms with E-state index in [1.165, 1.54) is 0 Å². The summed E-state index contributed by atoms with van der Waals surface area (Å²) in [5.74, 6) is 2.52. The standard InChI is InChI=1S/C16H27N5O/c1-12(2)21-10-13(3-4-15(21)22)9-20-7-5-14(6-8-20)16-17-11-18-19-16/h11-14H,3-10H2,1-2H3,(H,17,18,19). The summed E-state index contributed by atoms with van der Waals surface area (Å²) in [5.41, 5.74) is 0. The van der Waals surface area contributed by atoms with Crippen molar-refractivity contribution >= 4 is 5.91 Å². The molecule has 2 saturated heterocycles. The molecule has 1 N–H and O–H groups in total. The van der Waals surface area contributed by atoms with Gasteiger partial charge in [-0.3, -0.25) is 9.89 Å². The number of nitrogens with one attached hydrogen (secondary N) is 1. The van der Waals surface area contributed by atoms with Crippen LogP contribution in [-0.4, -0.2) is 63.1 Å². The molecule has 2 fully saturated rings. The van der Waals surface area contributed by atoms with Crippen molar-refractivity contribution in [3.63, 3.8) is 0 Å². The predicted octanol–water partition coefficient (Wildman–Crippen LogP) is 1.63. The Hall–Kier alpha value is -1.43. The molecule has 3 heterocycles. The first-order valence-corrected chi connectivity index (χ1v) is 8.50. The van der Waals surface area contributed by atoms with Crippen molar-refractivity contribution in [3.05, 3.63) is 12.2 Å². The van der Waals surface area contributed by atoms with E-state index in [4.69, 9.17) is 0 Å². The Kier molecular flexibility index (Phi) is 4.76. The molecule has 2 aliphatic rings. The second-order valence-electron chi connectivity index (χ2n) is 6.99. The first kappa shape index (κ1) is 15.5. The first-order chi connectivity index (χ1) is 10.6. The second kappa shape index (κ2) is 6.77. The highest BCUT2D eigenvalue weighted by Gasteiger charge is 2.30. The minimum atomic E-state index is 0.326. The molecule has 0 bridgehead atoms. The summed E-state index contributed by atoms with van der Waals surface area (Å²) in [6.07, 6.45) is 5.66. The highest BCUT2D eigenvalue weighted by atomic mass is 16.2. The molecular formula is C16H27N5O. The van der Waals surface area contributed by atoms with E-state index in [0.717, 1.165) is 57.7 Å². The number of carbonyl (C=O) groups excluding carboxylic acids is 1. The number of likely N-dealkylation sites (tertiary alicyclic amines) is 2. The molecule has 22 heavy (non-hydrogen) atoms. The number of aromatic amines is 1. The minimum absolute atomic E-state index is 0.326. The fourth-order valence-electron chi connectivity index (χ4n) is 3.76. The zero-order chi connectivity index (χ0) is 15.5. The van der Waals surface area contributed by atoms with Crippen LogP contribution in [0.1, 0.15) is 51.3 Å². The number of aromatic nitrogens is 3. The van der Waals surface area contributed by atoms with Crippen LogP contribution in [0.5, 0.6) is 0 Å². The smallest absolute Gasteiger partial charge is 0.222 e. The van der Waals surface area contributed by atoms with Gasteiger partial charge in [0.15, 0.2) is 0 Å². The lowest BCUT2D eigenvalue weighted by Gasteiger charge is -2.39.